The number of rotatable bonds is 2. The Morgan fingerprint density at radius 2 is 2.21 bits per heavy atom. The second-order valence-corrected chi connectivity index (χ2v) is 3.45. The van der Waals surface area contributed by atoms with Crippen molar-refractivity contribution in [1.29, 1.82) is 0 Å². The van der Waals surface area contributed by atoms with Gasteiger partial charge in [-0.25, -0.2) is 0 Å². The molecule has 2 nitrogen and oxygen atoms in total. The lowest BCUT2D eigenvalue weighted by Crippen LogP contribution is -2.16. The molecule has 74 valence electrons. The lowest BCUT2D eigenvalue weighted by molar-refractivity contribution is 0.406. The lowest BCUT2D eigenvalue weighted by atomic mass is 9.93. The summed E-state index contributed by atoms with van der Waals surface area (Å²) in [5, 5.41) is 3.20. The molecule has 1 atom stereocenters. The van der Waals surface area contributed by atoms with Gasteiger partial charge < -0.3 is 10.1 Å². The summed E-state index contributed by atoms with van der Waals surface area (Å²) in [5.41, 5.74) is 1.28. The predicted octanol–water partition coefficient (Wildman–Crippen LogP) is 2.29. The van der Waals surface area contributed by atoms with Gasteiger partial charge in [-0.2, -0.15) is 0 Å². The van der Waals surface area contributed by atoms with E-state index in [1.165, 1.54) is 5.56 Å². The van der Waals surface area contributed by atoms with Crippen LogP contribution in [0.25, 0.3) is 0 Å². The number of para-hydroxylation sites is 1. The van der Waals surface area contributed by atoms with Crippen molar-refractivity contribution in [2.45, 2.75) is 12.3 Å². The molecule has 1 N–H and O–H groups in total. The van der Waals surface area contributed by atoms with Gasteiger partial charge >= 0.3 is 0 Å². The molecule has 0 spiro atoms. The third kappa shape index (κ3) is 1.74. The zero-order valence-corrected chi connectivity index (χ0v) is 8.36. The summed E-state index contributed by atoms with van der Waals surface area (Å²) in [5.74, 6) is 1.48. The van der Waals surface area contributed by atoms with Crippen molar-refractivity contribution in [2.75, 3.05) is 13.7 Å². The monoisotopic (exact) mass is 189 g/mol. The maximum absolute atomic E-state index is 5.34. The van der Waals surface area contributed by atoms with Crippen molar-refractivity contribution in [2.24, 2.45) is 0 Å². The quantitative estimate of drug-likeness (QED) is 0.770. The van der Waals surface area contributed by atoms with E-state index in [2.05, 4.69) is 23.5 Å². The number of hydrogen-bond acceptors (Lipinski definition) is 2. The maximum atomic E-state index is 5.34. The molecule has 1 heterocycles. The van der Waals surface area contributed by atoms with E-state index < -0.39 is 0 Å². The van der Waals surface area contributed by atoms with Gasteiger partial charge in [0.1, 0.15) is 5.75 Å². The smallest absolute Gasteiger partial charge is 0.122 e. The zero-order chi connectivity index (χ0) is 9.80. The molecule has 0 aromatic heterocycles. The summed E-state index contributed by atoms with van der Waals surface area (Å²) in [6.45, 7) is 1.04. The summed E-state index contributed by atoms with van der Waals surface area (Å²) in [4.78, 5) is 0. The van der Waals surface area contributed by atoms with Crippen LogP contribution in [-0.4, -0.2) is 13.7 Å². The second kappa shape index (κ2) is 4.18. The van der Waals surface area contributed by atoms with Crippen LogP contribution in [0, 0.1) is 0 Å². The zero-order valence-electron chi connectivity index (χ0n) is 8.36. The van der Waals surface area contributed by atoms with Crippen LogP contribution in [0.1, 0.15) is 17.9 Å². The lowest BCUT2D eigenvalue weighted by Gasteiger charge is -2.19. The molecule has 1 aliphatic heterocycles. The van der Waals surface area contributed by atoms with Gasteiger partial charge in [0.2, 0.25) is 0 Å². The fourth-order valence-corrected chi connectivity index (χ4v) is 1.83. The van der Waals surface area contributed by atoms with Crippen LogP contribution in [0.4, 0.5) is 0 Å². The molecule has 0 radical (unpaired) electrons. The SMILES string of the molecule is COc1ccccc1C1C=CNCC1. The molecular weight excluding hydrogens is 174 g/mol. The van der Waals surface area contributed by atoms with Crippen molar-refractivity contribution in [3.63, 3.8) is 0 Å². The highest BCUT2D eigenvalue weighted by Crippen LogP contribution is 2.30. The highest BCUT2D eigenvalue weighted by Gasteiger charge is 2.14. The Bertz CT molecular complexity index is 333. The van der Waals surface area contributed by atoms with Crippen LogP contribution in [0.5, 0.6) is 5.75 Å². The third-order valence-electron chi connectivity index (χ3n) is 2.58. The number of hydrogen-bond donors (Lipinski definition) is 1. The van der Waals surface area contributed by atoms with Gasteiger partial charge in [-0.05, 0) is 18.7 Å². The Labute approximate surface area is 84.6 Å². The van der Waals surface area contributed by atoms with E-state index in [1.54, 1.807) is 7.11 Å². The average Bonchev–Trinajstić information content (AvgIpc) is 2.30. The van der Waals surface area contributed by atoms with E-state index in [-0.39, 0.29) is 0 Å². The summed E-state index contributed by atoms with van der Waals surface area (Å²) in [6, 6.07) is 8.23. The molecule has 0 amide bonds. The fourth-order valence-electron chi connectivity index (χ4n) is 1.83. The van der Waals surface area contributed by atoms with Crippen LogP contribution >= 0.6 is 0 Å². The Hall–Kier alpha value is -1.44. The summed E-state index contributed by atoms with van der Waals surface area (Å²) in [6.07, 6.45) is 5.36. The van der Waals surface area contributed by atoms with Crippen molar-refractivity contribution in [3.05, 3.63) is 42.1 Å². The van der Waals surface area contributed by atoms with Gasteiger partial charge in [0.25, 0.3) is 0 Å². The van der Waals surface area contributed by atoms with Gasteiger partial charge in [0, 0.05) is 18.0 Å². The number of ether oxygens (including phenoxy) is 1. The summed E-state index contributed by atoms with van der Waals surface area (Å²) in [7, 11) is 1.73. The molecule has 0 fully saturated rings. The van der Waals surface area contributed by atoms with Gasteiger partial charge in [0.05, 0.1) is 7.11 Å². The van der Waals surface area contributed by atoms with Crippen molar-refractivity contribution >= 4 is 0 Å². The molecule has 14 heavy (non-hydrogen) atoms. The number of benzene rings is 1. The minimum Gasteiger partial charge on any atom is -0.496 e. The van der Waals surface area contributed by atoms with E-state index >= 15 is 0 Å². The van der Waals surface area contributed by atoms with Crippen LogP contribution in [0.3, 0.4) is 0 Å². The summed E-state index contributed by atoms with van der Waals surface area (Å²) < 4.78 is 5.34. The normalized spacial score (nSPS) is 20.2. The van der Waals surface area contributed by atoms with Crippen LogP contribution in [-0.2, 0) is 0 Å². The molecular formula is C12H15NO. The molecule has 2 heteroatoms. The van der Waals surface area contributed by atoms with Crippen molar-refractivity contribution in [3.8, 4) is 5.75 Å². The molecule has 0 saturated heterocycles. The predicted molar refractivity (Wildman–Crippen MR) is 57.5 cm³/mol. The van der Waals surface area contributed by atoms with E-state index in [0.717, 1.165) is 18.7 Å². The Morgan fingerprint density at radius 3 is 2.93 bits per heavy atom. The standard InChI is InChI=1S/C12H15NO/c1-14-12-5-3-2-4-11(12)10-6-8-13-9-7-10/h2-6,8,10,13H,7,9H2,1H3. The van der Waals surface area contributed by atoms with E-state index in [0.29, 0.717) is 5.92 Å². The van der Waals surface area contributed by atoms with Crippen LogP contribution < -0.4 is 10.1 Å². The first kappa shape index (κ1) is 9.13. The van der Waals surface area contributed by atoms with E-state index in [1.807, 2.05) is 18.3 Å². The minimum atomic E-state index is 0.493. The first-order valence-corrected chi connectivity index (χ1v) is 4.95. The second-order valence-electron chi connectivity index (χ2n) is 3.45. The maximum Gasteiger partial charge on any atom is 0.122 e. The molecule has 0 aliphatic carbocycles. The Kier molecular flexibility index (Phi) is 2.73. The van der Waals surface area contributed by atoms with Gasteiger partial charge in [-0.15, -0.1) is 0 Å². The van der Waals surface area contributed by atoms with Crippen molar-refractivity contribution in [1.82, 2.24) is 5.32 Å². The molecule has 1 aromatic rings. The fraction of sp³-hybridized carbons (Fsp3) is 0.333. The summed E-state index contributed by atoms with van der Waals surface area (Å²) >= 11 is 0. The number of methoxy groups -OCH3 is 1. The van der Waals surface area contributed by atoms with E-state index in [4.69, 9.17) is 4.74 Å². The van der Waals surface area contributed by atoms with Crippen LogP contribution in [0.15, 0.2) is 36.5 Å². The number of nitrogens with one attached hydrogen (secondary N) is 1. The molecule has 0 bridgehead atoms. The molecule has 1 aliphatic rings. The molecule has 1 aromatic carbocycles. The molecule has 2 rings (SSSR count). The topological polar surface area (TPSA) is 21.3 Å². The average molecular weight is 189 g/mol. The first-order valence-electron chi connectivity index (χ1n) is 4.95. The molecule has 0 saturated carbocycles. The van der Waals surface area contributed by atoms with E-state index in [9.17, 15) is 0 Å². The highest BCUT2D eigenvalue weighted by molar-refractivity contribution is 5.38. The number of allylic oxidation sites excluding steroid dienone is 1. The van der Waals surface area contributed by atoms with Crippen LogP contribution in [0.2, 0.25) is 0 Å². The van der Waals surface area contributed by atoms with Gasteiger partial charge in [0.15, 0.2) is 0 Å². The van der Waals surface area contributed by atoms with Crippen molar-refractivity contribution < 1.29 is 4.74 Å². The Balaban J connectivity index is 2.29. The Morgan fingerprint density at radius 1 is 1.36 bits per heavy atom. The first-order chi connectivity index (χ1) is 6.92. The highest BCUT2D eigenvalue weighted by atomic mass is 16.5. The van der Waals surface area contributed by atoms with Gasteiger partial charge in [-0.1, -0.05) is 24.3 Å². The molecule has 1 unspecified atom stereocenters. The third-order valence-corrected chi connectivity index (χ3v) is 2.58. The van der Waals surface area contributed by atoms with Gasteiger partial charge in [-0.3, -0.25) is 0 Å². The minimum absolute atomic E-state index is 0.493. The largest absolute Gasteiger partial charge is 0.496 e.